The Morgan fingerprint density at radius 1 is 1.59 bits per heavy atom. The van der Waals surface area contributed by atoms with Gasteiger partial charge in [0.05, 0.1) is 12.1 Å². The van der Waals surface area contributed by atoms with Crippen molar-refractivity contribution in [2.45, 2.75) is 44.2 Å². The Morgan fingerprint density at radius 3 is 3.09 bits per heavy atom. The summed E-state index contributed by atoms with van der Waals surface area (Å²) in [5, 5.41) is 13.9. The third-order valence-electron chi connectivity index (χ3n) is 4.65. The van der Waals surface area contributed by atoms with Crippen molar-refractivity contribution >= 4 is 17.4 Å². The standard InChI is InChI=1S/C16H20N2O3S/c1-11-17-12(10-22-11)5-8-16(20)7-3-4-14-13(16)6-9-18(14)15(19)21-2/h10,13-14,20H,3-4,6-7,9H2,1-2H3/t13-,14-,16-/m1/s1. The Balaban J connectivity index is 1.82. The van der Waals surface area contributed by atoms with Crippen LogP contribution in [-0.4, -0.2) is 46.4 Å². The molecule has 2 fully saturated rings. The largest absolute Gasteiger partial charge is 0.453 e. The fourth-order valence-corrected chi connectivity index (χ4v) is 4.17. The quantitative estimate of drug-likeness (QED) is 0.744. The van der Waals surface area contributed by atoms with E-state index >= 15 is 0 Å². The van der Waals surface area contributed by atoms with Gasteiger partial charge in [0, 0.05) is 23.9 Å². The van der Waals surface area contributed by atoms with E-state index in [1.807, 2.05) is 12.3 Å². The van der Waals surface area contributed by atoms with Crippen LogP contribution in [0.3, 0.4) is 0 Å². The summed E-state index contributed by atoms with van der Waals surface area (Å²) in [6.07, 6.45) is 2.87. The molecule has 0 aromatic carbocycles. The summed E-state index contributed by atoms with van der Waals surface area (Å²) in [5.41, 5.74) is -0.329. The summed E-state index contributed by atoms with van der Waals surface area (Å²) in [4.78, 5) is 17.9. The van der Waals surface area contributed by atoms with Gasteiger partial charge in [-0.2, -0.15) is 0 Å². The molecule has 3 rings (SSSR count). The van der Waals surface area contributed by atoms with Gasteiger partial charge in [-0.25, -0.2) is 9.78 Å². The second-order valence-electron chi connectivity index (χ2n) is 5.94. The lowest BCUT2D eigenvalue weighted by Gasteiger charge is -2.39. The molecule has 1 aromatic heterocycles. The number of nitrogens with zero attached hydrogens (tertiary/aromatic N) is 2. The first-order chi connectivity index (χ1) is 10.5. The summed E-state index contributed by atoms with van der Waals surface area (Å²) in [7, 11) is 1.40. The van der Waals surface area contributed by atoms with Crippen LogP contribution in [-0.2, 0) is 4.74 Å². The summed E-state index contributed by atoms with van der Waals surface area (Å²) in [5.74, 6) is 6.05. The van der Waals surface area contributed by atoms with Crippen LogP contribution in [0.25, 0.3) is 0 Å². The first-order valence-electron chi connectivity index (χ1n) is 7.56. The molecule has 22 heavy (non-hydrogen) atoms. The Hall–Kier alpha value is -1.58. The predicted octanol–water partition coefficient (Wildman–Crippen LogP) is 2.17. The van der Waals surface area contributed by atoms with Crippen LogP contribution < -0.4 is 0 Å². The summed E-state index contributed by atoms with van der Waals surface area (Å²) >= 11 is 1.55. The second kappa shape index (κ2) is 5.90. The number of methoxy groups -OCH3 is 1. The summed E-state index contributed by atoms with van der Waals surface area (Å²) in [6.45, 7) is 2.56. The number of carbonyl (C=O) groups is 1. The van der Waals surface area contributed by atoms with Gasteiger partial charge in [0.1, 0.15) is 11.3 Å². The SMILES string of the molecule is COC(=O)N1CC[C@@H]2[C@H]1CCC[C@@]2(O)C#Cc1csc(C)n1. The normalized spacial score (nSPS) is 30.4. The number of hydrogen-bond acceptors (Lipinski definition) is 5. The maximum Gasteiger partial charge on any atom is 0.409 e. The monoisotopic (exact) mass is 320 g/mol. The van der Waals surface area contributed by atoms with Gasteiger partial charge in [0.25, 0.3) is 0 Å². The molecule has 6 heteroatoms. The number of thiazole rings is 1. The van der Waals surface area contributed by atoms with E-state index in [1.165, 1.54) is 7.11 Å². The first-order valence-corrected chi connectivity index (χ1v) is 8.44. The summed E-state index contributed by atoms with van der Waals surface area (Å²) in [6, 6.07) is 0.0256. The molecular formula is C16H20N2O3S. The number of fused-ring (bicyclic) bond motifs is 1. The van der Waals surface area contributed by atoms with E-state index in [9.17, 15) is 9.90 Å². The zero-order valence-electron chi connectivity index (χ0n) is 12.8. The highest BCUT2D eigenvalue weighted by Crippen LogP contribution is 2.42. The van der Waals surface area contributed by atoms with Gasteiger partial charge in [-0.15, -0.1) is 11.3 Å². The molecule has 3 atom stereocenters. The number of amides is 1. The van der Waals surface area contributed by atoms with Crippen molar-refractivity contribution in [2.24, 2.45) is 5.92 Å². The average Bonchev–Trinajstić information content (AvgIpc) is 3.12. The lowest BCUT2D eigenvalue weighted by Crippen LogP contribution is -2.49. The Morgan fingerprint density at radius 2 is 2.41 bits per heavy atom. The molecule has 2 aliphatic rings. The molecule has 1 aliphatic carbocycles. The molecule has 0 bridgehead atoms. The topological polar surface area (TPSA) is 62.7 Å². The highest BCUT2D eigenvalue weighted by molar-refractivity contribution is 7.09. The van der Waals surface area contributed by atoms with Crippen molar-refractivity contribution < 1.29 is 14.6 Å². The maximum atomic E-state index is 11.8. The van der Waals surface area contributed by atoms with Crippen molar-refractivity contribution in [1.82, 2.24) is 9.88 Å². The van der Waals surface area contributed by atoms with Gasteiger partial charge in [-0.05, 0) is 38.5 Å². The smallest absolute Gasteiger partial charge is 0.409 e. The van der Waals surface area contributed by atoms with E-state index in [1.54, 1.807) is 16.2 Å². The van der Waals surface area contributed by atoms with Gasteiger partial charge in [0.15, 0.2) is 0 Å². The van der Waals surface area contributed by atoms with Gasteiger partial charge < -0.3 is 14.7 Å². The van der Waals surface area contributed by atoms with Crippen LogP contribution >= 0.6 is 11.3 Å². The number of hydrogen-bond donors (Lipinski definition) is 1. The van der Waals surface area contributed by atoms with E-state index < -0.39 is 5.60 Å². The minimum atomic E-state index is -1.04. The van der Waals surface area contributed by atoms with Crippen molar-refractivity contribution in [3.63, 3.8) is 0 Å². The summed E-state index contributed by atoms with van der Waals surface area (Å²) < 4.78 is 4.84. The first kappa shape index (κ1) is 15.3. The molecule has 0 spiro atoms. The number of aryl methyl sites for hydroxylation is 1. The number of aliphatic hydroxyl groups is 1. The van der Waals surface area contributed by atoms with Crippen molar-refractivity contribution in [2.75, 3.05) is 13.7 Å². The predicted molar refractivity (Wildman–Crippen MR) is 83.5 cm³/mol. The van der Waals surface area contributed by atoms with E-state index in [-0.39, 0.29) is 18.1 Å². The molecule has 118 valence electrons. The highest BCUT2D eigenvalue weighted by atomic mass is 32.1. The molecule has 1 saturated carbocycles. The van der Waals surface area contributed by atoms with E-state index in [0.29, 0.717) is 18.7 Å². The van der Waals surface area contributed by atoms with E-state index in [4.69, 9.17) is 4.74 Å². The third-order valence-corrected chi connectivity index (χ3v) is 5.43. The van der Waals surface area contributed by atoms with Crippen LogP contribution in [0, 0.1) is 24.7 Å². The van der Waals surface area contributed by atoms with Gasteiger partial charge in [0.2, 0.25) is 0 Å². The number of carbonyl (C=O) groups excluding carboxylic acids is 1. The Bertz CT molecular complexity index is 633. The lowest BCUT2D eigenvalue weighted by molar-refractivity contribution is -0.0136. The highest BCUT2D eigenvalue weighted by Gasteiger charge is 2.50. The van der Waals surface area contributed by atoms with Gasteiger partial charge in [-0.1, -0.05) is 5.92 Å². The fraction of sp³-hybridized carbons (Fsp3) is 0.625. The van der Waals surface area contributed by atoms with Crippen LogP contribution in [0.4, 0.5) is 4.79 Å². The molecule has 0 unspecified atom stereocenters. The molecule has 1 amide bonds. The molecule has 1 aliphatic heterocycles. The number of ether oxygens (including phenoxy) is 1. The Labute approximate surface area is 134 Å². The molecule has 0 radical (unpaired) electrons. The zero-order valence-corrected chi connectivity index (χ0v) is 13.7. The Kier molecular flexibility index (Phi) is 4.11. The van der Waals surface area contributed by atoms with E-state index in [2.05, 4.69) is 16.8 Å². The van der Waals surface area contributed by atoms with Crippen LogP contribution in [0.2, 0.25) is 0 Å². The van der Waals surface area contributed by atoms with Crippen molar-refractivity contribution in [3.8, 4) is 11.8 Å². The van der Waals surface area contributed by atoms with Crippen LogP contribution in [0.5, 0.6) is 0 Å². The maximum absolute atomic E-state index is 11.8. The molecule has 1 aromatic rings. The fourth-order valence-electron chi connectivity index (χ4n) is 3.63. The van der Waals surface area contributed by atoms with Crippen molar-refractivity contribution in [3.05, 3.63) is 16.1 Å². The number of likely N-dealkylation sites (tertiary alicyclic amines) is 1. The second-order valence-corrected chi connectivity index (χ2v) is 7.01. The van der Waals surface area contributed by atoms with Crippen molar-refractivity contribution in [1.29, 1.82) is 0 Å². The zero-order chi connectivity index (χ0) is 15.7. The van der Waals surface area contributed by atoms with Crippen LogP contribution in [0.15, 0.2) is 5.38 Å². The molecule has 1 N–H and O–H groups in total. The van der Waals surface area contributed by atoms with Crippen LogP contribution in [0.1, 0.15) is 36.4 Å². The molecule has 1 saturated heterocycles. The molecular weight excluding hydrogens is 300 g/mol. The number of rotatable bonds is 0. The van der Waals surface area contributed by atoms with Gasteiger partial charge >= 0.3 is 6.09 Å². The number of aromatic nitrogens is 1. The minimum Gasteiger partial charge on any atom is -0.453 e. The molecule has 5 nitrogen and oxygen atoms in total. The third kappa shape index (κ3) is 2.71. The average molecular weight is 320 g/mol. The lowest BCUT2D eigenvalue weighted by atomic mass is 9.73. The molecule has 2 heterocycles. The van der Waals surface area contributed by atoms with E-state index in [0.717, 1.165) is 24.3 Å². The van der Waals surface area contributed by atoms with Gasteiger partial charge in [-0.3, -0.25) is 0 Å². The minimum absolute atomic E-state index is 0.00687.